The quantitative estimate of drug-likeness (QED) is 0.683. The highest BCUT2D eigenvalue weighted by Crippen LogP contribution is 2.27. The van der Waals surface area contributed by atoms with Crippen LogP contribution in [0.4, 0.5) is 0 Å². The normalized spacial score (nSPS) is 24.3. The van der Waals surface area contributed by atoms with Gasteiger partial charge in [-0.3, -0.25) is 0 Å². The summed E-state index contributed by atoms with van der Waals surface area (Å²) in [5.74, 6) is 0.591. The lowest BCUT2D eigenvalue weighted by Crippen LogP contribution is -2.37. The maximum Gasteiger partial charge on any atom is 0.323 e. The summed E-state index contributed by atoms with van der Waals surface area (Å²) >= 11 is 0. The third-order valence-electron chi connectivity index (χ3n) is 4.47. The first kappa shape index (κ1) is 13.4. The zero-order chi connectivity index (χ0) is 14.1. The molecule has 1 aliphatic carbocycles. The van der Waals surface area contributed by atoms with Crippen LogP contribution in [0.3, 0.4) is 0 Å². The van der Waals surface area contributed by atoms with Crippen molar-refractivity contribution >= 4 is 11.0 Å². The van der Waals surface area contributed by atoms with Gasteiger partial charge < -0.3 is 21.0 Å². The van der Waals surface area contributed by atoms with Gasteiger partial charge >= 0.3 is 5.69 Å². The number of aromatic nitrogens is 2. The van der Waals surface area contributed by atoms with Crippen LogP contribution in [0.1, 0.15) is 37.8 Å². The predicted octanol–water partition coefficient (Wildman–Crippen LogP) is 1.63. The molecule has 2 aromatic rings. The van der Waals surface area contributed by atoms with Crippen molar-refractivity contribution in [2.75, 3.05) is 6.54 Å². The number of imidazole rings is 1. The standard InChI is InChI=1S/C15H22N4O/c1-9(17-12-4-2-3-11(12)8-16)10-5-6-13-14(7-10)19-15(20)18-13/h5-7,9,11-12,17H,2-4,8,16H2,1H3,(H2,18,19,20). The summed E-state index contributed by atoms with van der Waals surface area (Å²) in [7, 11) is 0. The Bertz CT molecular complexity index is 645. The van der Waals surface area contributed by atoms with Gasteiger partial charge in [0, 0.05) is 12.1 Å². The summed E-state index contributed by atoms with van der Waals surface area (Å²) in [5.41, 5.74) is 8.58. The van der Waals surface area contributed by atoms with Crippen LogP contribution in [0.5, 0.6) is 0 Å². The summed E-state index contributed by atoms with van der Waals surface area (Å²) in [4.78, 5) is 16.9. The molecular formula is C15H22N4O. The summed E-state index contributed by atoms with van der Waals surface area (Å²) < 4.78 is 0. The van der Waals surface area contributed by atoms with Gasteiger partial charge in [0.15, 0.2) is 0 Å². The molecule has 1 aliphatic rings. The van der Waals surface area contributed by atoms with E-state index in [-0.39, 0.29) is 11.7 Å². The van der Waals surface area contributed by atoms with E-state index in [2.05, 4.69) is 28.3 Å². The van der Waals surface area contributed by atoms with E-state index in [0.29, 0.717) is 12.0 Å². The minimum absolute atomic E-state index is 0.156. The number of hydrogen-bond acceptors (Lipinski definition) is 3. The number of benzene rings is 1. The van der Waals surface area contributed by atoms with Crippen molar-refractivity contribution in [2.24, 2.45) is 11.7 Å². The molecule has 3 rings (SSSR count). The Labute approximate surface area is 118 Å². The van der Waals surface area contributed by atoms with Crippen LogP contribution in [-0.2, 0) is 0 Å². The molecule has 1 aromatic heterocycles. The van der Waals surface area contributed by atoms with Crippen molar-refractivity contribution < 1.29 is 0 Å². The molecule has 5 heteroatoms. The molecule has 1 fully saturated rings. The van der Waals surface area contributed by atoms with Crippen molar-refractivity contribution in [1.29, 1.82) is 0 Å². The fourth-order valence-electron chi connectivity index (χ4n) is 3.28. The lowest BCUT2D eigenvalue weighted by molar-refractivity contribution is 0.374. The molecule has 0 aliphatic heterocycles. The van der Waals surface area contributed by atoms with Gasteiger partial charge in [-0.05, 0) is 49.9 Å². The van der Waals surface area contributed by atoms with E-state index in [4.69, 9.17) is 5.73 Å². The molecule has 108 valence electrons. The molecule has 5 nitrogen and oxygen atoms in total. The third kappa shape index (κ3) is 2.51. The Balaban J connectivity index is 1.77. The highest BCUT2D eigenvalue weighted by Gasteiger charge is 2.27. The van der Waals surface area contributed by atoms with Gasteiger partial charge in [0.1, 0.15) is 0 Å². The van der Waals surface area contributed by atoms with Gasteiger partial charge in [-0.1, -0.05) is 12.5 Å². The van der Waals surface area contributed by atoms with E-state index < -0.39 is 0 Å². The average Bonchev–Trinajstić information content (AvgIpc) is 3.02. The average molecular weight is 274 g/mol. The number of rotatable bonds is 4. The minimum atomic E-state index is -0.156. The topological polar surface area (TPSA) is 86.7 Å². The SMILES string of the molecule is CC(NC1CCCC1CN)c1ccc2[nH]c(=O)[nH]c2c1. The molecular weight excluding hydrogens is 252 g/mol. The highest BCUT2D eigenvalue weighted by molar-refractivity contribution is 5.75. The number of nitrogens with one attached hydrogen (secondary N) is 3. The smallest absolute Gasteiger partial charge is 0.323 e. The van der Waals surface area contributed by atoms with Crippen molar-refractivity contribution in [2.45, 2.75) is 38.3 Å². The monoisotopic (exact) mass is 274 g/mol. The number of aromatic amines is 2. The second-order valence-corrected chi connectivity index (χ2v) is 5.81. The first-order valence-electron chi connectivity index (χ1n) is 7.35. The second-order valence-electron chi connectivity index (χ2n) is 5.81. The molecule has 0 bridgehead atoms. The Kier molecular flexibility index (Phi) is 3.63. The Hall–Kier alpha value is -1.59. The highest BCUT2D eigenvalue weighted by atomic mass is 16.1. The van der Waals surface area contributed by atoms with Crippen molar-refractivity contribution in [3.05, 3.63) is 34.2 Å². The molecule has 1 aromatic carbocycles. The van der Waals surface area contributed by atoms with E-state index >= 15 is 0 Å². The third-order valence-corrected chi connectivity index (χ3v) is 4.47. The van der Waals surface area contributed by atoms with Crippen LogP contribution in [0.15, 0.2) is 23.0 Å². The van der Waals surface area contributed by atoms with Crippen LogP contribution in [-0.4, -0.2) is 22.6 Å². The van der Waals surface area contributed by atoms with Gasteiger partial charge in [0.05, 0.1) is 11.0 Å². The number of fused-ring (bicyclic) bond motifs is 1. The maximum absolute atomic E-state index is 11.3. The zero-order valence-electron chi connectivity index (χ0n) is 11.8. The van der Waals surface area contributed by atoms with E-state index in [1.165, 1.54) is 24.8 Å². The maximum atomic E-state index is 11.3. The fourth-order valence-corrected chi connectivity index (χ4v) is 3.28. The van der Waals surface area contributed by atoms with Gasteiger partial charge in [-0.2, -0.15) is 0 Å². The molecule has 1 saturated carbocycles. The molecule has 0 amide bonds. The van der Waals surface area contributed by atoms with Crippen LogP contribution < -0.4 is 16.7 Å². The molecule has 20 heavy (non-hydrogen) atoms. The Morgan fingerprint density at radius 2 is 2.15 bits per heavy atom. The van der Waals surface area contributed by atoms with Crippen molar-refractivity contribution in [1.82, 2.24) is 15.3 Å². The summed E-state index contributed by atoms with van der Waals surface area (Å²) in [6.45, 7) is 2.92. The van der Waals surface area contributed by atoms with E-state index in [1.807, 2.05) is 12.1 Å². The second kappa shape index (κ2) is 5.42. The van der Waals surface area contributed by atoms with Crippen LogP contribution in [0.2, 0.25) is 0 Å². The zero-order valence-corrected chi connectivity index (χ0v) is 11.8. The minimum Gasteiger partial charge on any atom is -0.330 e. The van der Waals surface area contributed by atoms with Crippen LogP contribution >= 0.6 is 0 Å². The molecule has 0 saturated heterocycles. The number of H-pyrrole nitrogens is 2. The fraction of sp³-hybridized carbons (Fsp3) is 0.533. The molecule has 0 spiro atoms. The van der Waals surface area contributed by atoms with Gasteiger partial charge in [0.25, 0.3) is 0 Å². The lowest BCUT2D eigenvalue weighted by atomic mass is 10.0. The van der Waals surface area contributed by atoms with Crippen molar-refractivity contribution in [3.8, 4) is 0 Å². The lowest BCUT2D eigenvalue weighted by Gasteiger charge is -2.24. The first-order valence-corrected chi connectivity index (χ1v) is 7.35. The largest absolute Gasteiger partial charge is 0.330 e. The summed E-state index contributed by atoms with van der Waals surface area (Å²) in [5, 5.41) is 3.69. The van der Waals surface area contributed by atoms with E-state index in [0.717, 1.165) is 17.6 Å². The van der Waals surface area contributed by atoms with E-state index in [9.17, 15) is 4.79 Å². The Morgan fingerprint density at radius 1 is 1.35 bits per heavy atom. The van der Waals surface area contributed by atoms with Crippen LogP contribution in [0, 0.1) is 5.92 Å². The molecule has 1 heterocycles. The van der Waals surface area contributed by atoms with Crippen molar-refractivity contribution in [3.63, 3.8) is 0 Å². The Morgan fingerprint density at radius 3 is 2.95 bits per heavy atom. The molecule has 3 atom stereocenters. The first-order chi connectivity index (χ1) is 9.67. The summed E-state index contributed by atoms with van der Waals surface area (Å²) in [6, 6.07) is 6.83. The molecule has 3 unspecified atom stereocenters. The molecule has 0 radical (unpaired) electrons. The van der Waals surface area contributed by atoms with Crippen LogP contribution in [0.25, 0.3) is 11.0 Å². The summed E-state index contributed by atoms with van der Waals surface area (Å²) in [6.07, 6.45) is 3.69. The number of hydrogen-bond donors (Lipinski definition) is 4. The van der Waals surface area contributed by atoms with Gasteiger partial charge in [-0.25, -0.2) is 4.79 Å². The molecule has 5 N–H and O–H groups in total. The number of nitrogens with two attached hydrogens (primary N) is 1. The predicted molar refractivity (Wildman–Crippen MR) is 80.7 cm³/mol. The van der Waals surface area contributed by atoms with E-state index in [1.54, 1.807) is 0 Å². The van der Waals surface area contributed by atoms with Gasteiger partial charge in [-0.15, -0.1) is 0 Å². The van der Waals surface area contributed by atoms with Gasteiger partial charge in [0.2, 0.25) is 0 Å².